The van der Waals surface area contributed by atoms with Crippen molar-refractivity contribution in [1.82, 2.24) is 0 Å². The lowest BCUT2D eigenvalue weighted by Crippen LogP contribution is -2.04. The van der Waals surface area contributed by atoms with E-state index in [-0.39, 0.29) is 0 Å². The third-order valence-electron chi connectivity index (χ3n) is 2.67. The normalized spacial score (nSPS) is 10.6. The Kier molecular flexibility index (Phi) is 6.08. The van der Waals surface area contributed by atoms with Gasteiger partial charge in [-0.3, -0.25) is 0 Å². The van der Waals surface area contributed by atoms with Crippen LogP contribution in [-0.2, 0) is 22.7 Å². The zero-order valence-corrected chi connectivity index (χ0v) is 12.3. The molecule has 0 bridgehead atoms. The van der Waals surface area contributed by atoms with Crippen molar-refractivity contribution in [3.63, 3.8) is 0 Å². The van der Waals surface area contributed by atoms with Gasteiger partial charge in [-0.1, -0.05) is 58.4 Å². The lowest BCUT2D eigenvalue weighted by Gasteiger charge is -2.06. The maximum atomic E-state index is 5.56. The molecule has 0 radical (unpaired) electrons. The van der Waals surface area contributed by atoms with Crippen molar-refractivity contribution in [2.45, 2.75) is 13.2 Å². The van der Waals surface area contributed by atoms with Gasteiger partial charge in [0, 0.05) is 4.47 Å². The van der Waals surface area contributed by atoms with Crippen molar-refractivity contribution < 1.29 is 9.47 Å². The quantitative estimate of drug-likeness (QED) is 0.712. The van der Waals surface area contributed by atoms with Crippen LogP contribution in [0.15, 0.2) is 59.1 Å². The number of hydrogen-bond donors (Lipinski definition) is 0. The Balaban J connectivity index is 1.56. The highest BCUT2D eigenvalue weighted by Gasteiger charge is 1.95. The maximum absolute atomic E-state index is 5.56. The highest BCUT2D eigenvalue weighted by Crippen LogP contribution is 2.11. The molecule has 2 rings (SSSR count). The van der Waals surface area contributed by atoms with E-state index < -0.39 is 0 Å². The molecular weight excluding hydrogens is 304 g/mol. The first-order valence-electron chi connectivity index (χ1n) is 6.28. The van der Waals surface area contributed by atoms with E-state index in [1.807, 2.05) is 30.3 Å². The molecule has 100 valence electrons. The van der Waals surface area contributed by atoms with Crippen molar-refractivity contribution in [2.75, 3.05) is 13.2 Å². The number of rotatable bonds is 7. The van der Waals surface area contributed by atoms with E-state index in [1.165, 1.54) is 11.1 Å². The average Bonchev–Trinajstić information content (AvgIpc) is 2.46. The third-order valence-corrected chi connectivity index (χ3v) is 3.19. The van der Waals surface area contributed by atoms with E-state index in [4.69, 9.17) is 9.47 Å². The minimum absolute atomic E-state index is 0.614. The van der Waals surface area contributed by atoms with Gasteiger partial charge in [-0.2, -0.15) is 0 Å². The zero-order chi connectivity index (χ0) is 13.3. The van der Waals surface area contributed by atoms with Gasteiger partial charge in [0.2, 0.25) is 0 Å². The van der Waals surface area contributed by atoms with Crippen LogP contribution in [0.25, 0.3) is 0 Å². The molecule has 0 unspecified atom stereocenters. The molecule has 0 atom stereocenters. The predicted molar refractivity (Wildman–Crippen MR) is 79.9 cm³/mol. The first kappa shape index (κ1) is 14.3. The lowest BCUT2D eigenvalue weighted by atomic mass is 10.2. The number of hydrogen-bond acceptors (Lipinski definition) is 2. The summed E-state index contributed by atoms with van der Waals surface area (Å²) in [6, 6.07) is 18.3. The summed E-state index contributed by atoms with van der Waals surface area (Å²) in [6.07, 6.45) is 0. The van der Waals surface area contributed by atoms with Crippen molar-refractivity contribution in [3.8, 4) is 0 Å². The molecule has 2 nitrogen and oxygen atoms in total. The van der Waals surface area contributed by atoms with Crippen LogP contribution in [0.5, 0.6) is 0 Å². The highest BCUT2D eigenvalue weighted by atomic mass is 79.9. The minimum Gasteiger partial charge on any atom is -0.374 e. The summed E-state index contributed by atoms with van der Waals surface area (Å²) in [5, 5.41) is 0. The standard InChI is InChI=1S/C16H17BrO2/c17-16-8-6-15(7-9-16)13-19-11-10-18-12-14-4-2-1-3-5-14/h1-9H,10-13H2. The fraction of sp³-hybridized carbons (Fsp3) is 0.250. The first-order chi connectivity index (χ1) is 9.34. The van der Waals surface area contributed by atoms with E-state index in [0.717, 1.165) is 4.47 Å². The smallest absolute Gasteiger partial charge is 0.0718 e. The van der Waals surface area contributed by atoms with Gasteiger partial charge in [0.25, 0.3) is 0 Å². The molecule has 0 aliphatic heterocycles. The van der Waals surface area contributed by atoms with Gasteiger partial charge in [0.1, 0.15) is 0 Å². The van der Waals surface area contributed by atoms with Gasteiger partial charge in [-0.25, -0.2) is 0 Å². The van der Waals surface area contributed by atoms with Gasteiger partial charge in [-0.05, 0) is 23.3 Å². The van der Waals surface area contributed by atoms with Crippen molar-refractivity contribution in [1.29, 1.82) is 0 Å². The van der Waals surface area contributed by atoms with Crippen LogP contribution in [0, 0.1) is 0 Å². The molecule has 2 aromatic carbocycles. The van der Waals surface area contributed by atoms with Crippen LogP contribution < -0.4 is 0 Å². The Morgan fingerprint density at radius 2 is 1.21 bits per heavy atom. The summed E-state index contributed by atoms with van der Waals surface area (Å²) in [4.78, 5) is 0. The Morgan fingerprint density at radius 1 is 0.684 bits per heavy atom. The highest BCUT2D eigenvalue weighted by molar-refractivity contribution is 9.10. The first-order valence-corrected chi connectivity index (χ1v) is 7.08. The second-order valence-corrected chi connectivity index (χ2v) is 5.13. The van der Waals surface area contributed by atoms with E-state index in [9.17, 15) is 0 Å². The lowest BCUT2D eigenvalue weighted by molar-refractivity contribution is 0.0339. The van der Waals surface area contributed by atoms with Crippen LogP contribution in [0.4, 0.5) is 0 Å². The number of benzene rings is 2. The van der Waals surface area contributed by atoms with Gasteiger partial charge < -0.3 is 9.47 Å². The van der Waals surface area contributed by atoms with Gasteiger partial charge in [0.05, 0.1) is 26.4 Å². The minimum atomic E-state index is 0.614. The van der Waals surface area contributed by atoms with E-state index in [1.54, 1.807) is 0 Å². The van der Waals surface area contributed by atoms with Crippen LogP contribution in [0.1, 0.15) is 11.1 Å². The fourth-order valence-corrected chi connectivity index (χ4v) is 1.92. The van der Waals surface area contributed by atoms with E-state index in [2.05, 4.69) is 40.2 Å². The van der Waals surface area contributed by atoms with E-state index >= 15 is 0 Å². The molecule has 0 aromatic heterocycles. The fourth-order valence-electron chi connectivity index (χ4n) is 1.65. The van der Waals surface area contributed by atoms with Crippen LogP contribution in [0.2, 0.25) is 0 Å². The molecular formula is C16H17BrO2. The molecule has 0 heterocycles. The Labute approximate surface area is 122 Å². The molecule has 19 heavy (non-hydrogen) atoms. The van der Waals surface area contributed by atoms with Crippen LogP contribution in [0.3, 0.4) is 0 Å². The Hall–Kier alpha value is -1.16. The summed E-state index contributed by atoms with van der Waals surface area (Å²) in [6.45, 7) is 2.50. The Morgan fingerprint density at radius 3 is 1.79 bits per heavy atom. The molecule has 0 aliphatic carbocycles. The van der Waals surface area contributed by atoms with Crippen molar-refractivity contribution >= 4 is 15.9 Å². The molecule has 0 saturated carbocycles. The molecule has 0 N–H and O–H groups in total. The van der Waals surface area contributed by atoms with Crippen LogP contribution >= 0.6 is 15.9 Å². The summed E-state index contributed by atoms with van der Waals surface area (Å²) in [5.74, 6) is 0. The number of halogens is 1. The summed E-state index contributed by atoms with van der Waals surface area (Å²) >= 11 is 3.41. The predicted octanol–water partition coefficient (Wildman–Crippen LogP) is 4.18. The van der Waals surface area contributed by atoms with Gasteiger partial charge in [0.15, 0.2) is 0 Å². The van der Waals surface area contributed by atoms with Gasteiger partial charge in [-0.15, -0.1) is 0 Å². The molecule has 0 amide bonds. The molecule has 3 heteroatoms. The summed E-state index contributed by atoms with van der Waals surface area (Å²) < 4.78 is 12.2. The molecule has 0 spiro atoms. The largest absolute Gasteiger partial charge is 0.374 e. The Bertz CT molecular complexity index is 468. The maximum Gasteiger partial charge on any atom is 0.0718 e. The van der Waals surface area contributed by atoms with Gasteiger partial charge >= 0.3 is 0 Å². The molecule has 2 aromatic rings. The summed E-state index contributed by atoms with van der Waals surface area (Å²) in [7, 11) is 0. The van der Waals surface area contributed by atoms with E-state index in [0.29, 0.717) is 26.4 Å². The zero-order valence-electron chi connectivity index (χ0n) is 10.7. The second kappa shape index (κ2) is 8.10. The topological polar surface area (TPSA) is 18.5 Å². The second-order valence-electron chi connectivity index (χ2n) is 4.22. The molecule has 0 aliphatic rings. The SMILES string of the molecule is Brc1ccc(COCCOCc2ccccc2)cc1. The third kappa shape index (κ3) is 5.55. The summed E-state index contributed by atoms with van der Waals surface area (Å²) in [5.41, 5.74) is 2.36. The van der Waals surface area contributed by atoms with Crippen LogP contribution in [-0.4, -0.2) is 13.2 Å². The average molecular weight is 321 g/mol. The monoisotopic (exact) mass is 320 g/mol. The number of ether oxygens (including phenoxy) is 2. The van der Waals surface area contributed by atoms with Crippen molar-refractivity contribution in [2.24, 2.45) is 0 Å². The molecule has 0 fully saturated rings. The van der Waals surface area contributed by atoms with Crippen molar-refractivity contribution in [3.05, 3.63) is 70.2 Å². The molecule has 0 saturated heterocycles.